The first-order valence-corrected chi connectivity index (χ1v) is 9.52. The number of halogens is 1. The highest BCUT2D eigenvalue weighted by atomic mass is 32.2. The number of hydrogen-bond donors (Lipinski definition) is 1. The molecule has 0 saturated carbocycles. The van der Waals surface area contributed by atoms with Gasteiger partial charge in [0.15, 0.2) is 12.4 Å². The van der Waals surface area contributed by atoms with E-state index in [0.29, 0.717) is 17.0 Å². The number of sulfonamides is 1. The van der Waals surface area contributed by atoms with Gasteiger partial charge in [-0.1, -0.05) is 30.3 Å². The minimum absolute atomic E-state index is 0.0438. The van der Waals surface area contributed by atoms with Crippen molar-refractivity contribution in [3.8, 4) is 5.75 Å². The summed E-state index contributed by atoms with van der Waals surface area (Å²) in [7, 11) is -3.82. The van der Waals surface area contributed by atoms with E-state index >= 15 is 0 Å². The summed E-state index contributed by atoms with van der Waals surface area (Å²) < 4.78 is 45.3. The van der Waals surface area contributed by atoms with E-state index in [1.807, 2.05) is 6.07 Å². The molecule has 0 aromatic heterocycles. The van der Waals surface area contributed by atoms with Crippen LogP contribution in [0.5, 0.6) is 5.75 Å². The molecule has 0 amide bonds. The van der Waals surface area contributed by atoms with Crippen LogP contribution in [-0.4, -0.2) is 20.8 Å². The molecule has 0 radical (unpaired) electrons. The topological polar surface area (TPSA) is 72.5 Å². The molecule has 0 saturated heterocycles. The van der Waals surface area contributed by atoms with Gasteiger partial charge in [-0.05, 0) is 48.5 Å². The third-order valence-electron chi connectivity index (χ3n) is 3.70. The van der Waals surface area contributed by atoms with E-state index in [1.165, 1.54) is 24.3 Å². The molecule has 0 bridgehead atoms. The number of hydrogen-bond acceptors (Lipinski definition) is 4. The highest BCUT2D eigenvalue weighted by Gasteiger charge is 2.14. The SMILES string of the molecule is O=C(COc1ccc(NS(=O)(=O)c2ccc(F)cc2)cc1)c1ccccc1. The van der Waals surface area contributed by atoms with Crippen LogP contribution in [0.1, 0.15) is 10.4 Å². The summed E-state index contributed by atoms with van der Waals surface area (Å²) in [6.45, 7) is -0.120. The summed E-state index contributed by atoms with van der Waals surface area (Å²) in [6, 6.07) is 19.5. The first-order chi connectivity index (χ1) is 12.9. The average Bonchev–Trinajstić information content (AvgIpc) is 2.68. The Balaban J connectivity index is 1.61. The van der Waals surface area contributed by atoms with Gasteiger partial charge < -0.3 is 4.74 Å². The number of ketones is 1. The maximum Gasteiger partial charge on any atom is 0.261 e. The van der Waals surface area contributed by atoms with E-state index in [9.17, 15) is 17.6 Å². The van der Waals surface area contributed by atoms with Gasteiger partial charge in [0, 0.05) is 11.3 Å². The van der Waals surface area contributed by atoms with Crippen LogP contribution in [0.2, 0.25) is 0 Å². The van der Waals surface area contributed by atoms with Gasteiger partial charge in [-0.2, -0.15) is 0 Å². The van der Waals surface area contributed by atoms with Crippen molar-refractivity contribution in [3.63, 3.8) is 0 Å². The molecule has 0 fully saturated rings. The predicted molar refractivity (Wildman–Crippen MR) is 99.9 cm³/mol. The maximum absolute atomic E-state index is 12.9. The summed E-state index contributed by atoms with van der Waals surface area (Å²) in [5.74, 6) is -0.235. The molecule has 138 valence electrons. The largest absolute Gasteiger partial charge is 0.485 e. The van der Waals surface area contributed by atoms with Gasteiger partial charge in [-0.15, -0.1) is 0 Å². The Kier molecular flexibility index (Phi) is 5.52. The Bertz CT molecular complexity index is 1020. The Hall–Kier alpha value is -3.19. The van der Waals surface area contributed by atoms with Gasteiger partial charge in [0.1, 0.15) is 11.6 Å². The molecule has 1 N–H and O–H groups in total. The summed E-state index contributed by atoms with van der Waals surface area (Å²) in [5, 5.41) is 0. The highest BCUT2D eigenvalue weighted by Crippen LogP contribution is 2.20. The second-order valence-corrected chi connectivity index (χ2v) is 7.34. The van der Waals surface area contributed by atoms with E-state index in [1.54, 1.807) is 36.4 Å². The summed E-state index contributed by atoms with van der Waals surface area (Å²) in [5.41, 5.74) is 0.877. The number of rotatable bonds is 7. The van der Waals surface area contributed by atoms with Gasteiger partial charge in [-0.25, -0.2) is 12.8 Å². The molecule has 0 aliphatic rings. The molecule has 0 aliphatic carbocycles. The lowest BCUT2D eigenvalue weighted by molar-refractivity contribution is 0.0921. The van der Waals surface area contributed by atoms with Crippen molar-refractivity contribution < 1.29 is 22.3 Å². The van der Waals surface area contributed by atoms with E-state index in [0.717, 1.165) is 12.1 Å². The zero-order valence-electron chi connectivity index (χ0n) is 14.1. The molecule has 0 aliphatic heterocycles. The number of carbonyl (C=O) groups excluding carboxylic acids is 1. The van der Waals surface area contributed by atoms with Gasteiger partial charge in [0.05, 0.1) is 4.90 Å². The molecule has 3 rings (SSSR count). The lowest BCUT2D eigenvalue weighted by Gasteiger charge is -2.10. The van der Waals surface area contributed by atoms with Crippen molar-refractivity contribution in [2.75, 3.05) is 11.3 Å². The normalized spacial score (nSPS) is 11.0. The molecule has 0 spiro atoms. The number of carbonyl (C=O) groups is 1. The zero-order valence-corrected chi connectivity index (χ0v) is 14.9. The van der Waals surface area contributed by atoms with Crippen LogP contribution in [0, 0.1) is 5.82 Å². The fourth-order valence-corrected chi connectivity index (χ4v) is 3.36. The second kappa shape index (κ2) is 8.01. The van der Waals surface area contributed by atoms with Crippen molar-refractivity contribution in [3.05, 3.63) is 90.2 Å². The molecule has 0 heterocycles. The van der Waals surface area contributed by atoms with Crippen molar-refractivity contribution in [2.24, 2.45) is 0 Å². The first kappa shape index (κ1) is 18.6. The van der Waals surface area contributed by atoms with Crippen molar-refractivity contribution in [2.45, 2.75) is 4.90 Å². The van der Waals surface area contributed by atoms with Crippen molar-refractivity contribution in [1.29, 1.82) is 0 Å². The van der Waals surface area contributed by atoms with E-state index in [-0.39, 0.29) is 17.3 Å². The molecule has 5 nitrogen and oxygen atoms in total. The van der Waals surface area contributed by atoms with Gasteiger partial charge in [-0.3, -0.25) is 9.52 Å². The third kappa shape index (κ3) is 4.92. The first-order valence-electron chi connectivity index (χ1n) is 8.03. The molecule has 27 heavy (non-hydrogen) atoms. The molecule has 3 aromatic carbocycles. The lowest BCUT2D eigenvalue weighted by Crippen LogP contribution is -2.13. The fourth-order valence-electron chi connectivity index (χ4n) is 2.30. The Morgan fingerprint density at radius 3 is 2.15 bits per heavy atom. The lowest BCUT2D eigenvalue weighted by atomic mass is 10.1. The molecular weight excluding hydrogens is 369 g/mol. The summed E-state index contributed by atoms with van der Waals surface area (Å²) in [6.07, 6.45) is 0. The molecule has 7 heteroatoms. The highest BCUT2D eigenvalue weighted by molar-refractivity contribution is 7.92. The zero-order chi connectivity index (χ0) is 19.3. The maximum atomic E-state index is 12.9. The number of anilines is 1. The van der Waals surface area contributed by atoms with Crippen LogP contribution in [0.15, 0.2) is 83.8 Å². The summed E-state index contributed by atoms with van der Waals surface area (Å²) in [4.78, 5) is 12.0. The minimum atomic E-state index is -3.82. The van der Waals surface area contributed by atoms with Crippen molar-refractivity contribution in [1.82, 2.24) is 0 Å². The molecule has 0 unspecified atom stereocenters. The monoisotopic (exact) mass is 385 g/mol. The van der Waals surface area contributed by atoms with Crippen LogP contribution in [0.3, 0.4) is 0 Å². The predicted octanol–water partition coefficient (Wildman–Crippen LogP) is 3.89. The number of Topliss-reactive ketones (excluding diaryl/α,β-unsaturated/α-hetero) is 1. The molecule has 0 atom stereocenters. The van der Waals surface area contributed by atoms with Gasteiger partial charge in [0.25, 0.3) is 10.0 Å². The third-order valence-corrected chi connectivity index (χ3v) is 5.09. The Labute approximate surface area is 156 Å². The van der Waals surface area contributed by atoms with Crippen molar-refractivity contribution >= 4 is 21.5 Å². The van der Waals surface area contributed by atoms with E-state index in [2.05, 4.69) is 4.72 Å². The number of nitrogens with one attached hydrogen (secondary N) is 1. The quantitative estimate of drug-likeness (QED) is 0.627. The van der Waals surface area contributed by atoms with Crippen LogP contribution >= 0.6 is 0 Å². The fraction of sp³-hybridized carbons (Fsp3) is 0.0500. The minimum Gasteiger partial charge on any atom is -0.485 e. The number of ether oxygens (including phenoxy) is 1. The van der Waals surface area contributed by atoms with Crippen LogP contribution in [0.25, 0.3) is 0 Å². The second-order valence-electron chi connectivity index (χ2n) is 5.66. The van der Waals surface area contributed by atoms with E-state index in [4.69, 9.17) is 4.74 Å². The summed E-state index contributed by atoms with van der Waals surface area (Å²) >= 11 is 0. The van der Waals surface area contributed by atoms with Gasteiger partial charge in [0.2, 0.25) is 0 Å². The Morgan fingerprint density at radius 2 is 1.52 bits per heavy atom. The average molecular weight is 385 g/mol. The molecular formula is C20H16FNO4S. The Morgan fingerprint density at radius 1 is 0.889 bits per heavy atom. The van der Waals surface area contributed by atoms with E-state index < -0.39 is 15.8 Å². The van der Waals surface area contributed by atoms with Gasteiger partial charge >= 0.3 is 0 Å². The smallest absolute Gasteiger partial charge is 0.261 e. The van der Waals surface area contributed by atoms with Crippen LogP contribution in [0.4, 0.5) is 10.1 Å². The van der Waals surface area contributed by atoms with Crippen LogP contribution in [-0.2, 0) is 10.0 Å². The molecule has 3 aromatic rings. The number of benzene rings is 3. The van der Waals surface area contributed by atoms with Crippen LogP contribution < -0.4 is 9.46 Å². The standard InChI is InChI=1S/C20H16FNO4S/c21-16-6-12-19(13-7-16)27(24,25)22-17-8-10-18(11-9-17)26-14-20(23)15-4-2-1-3-5-15/h1-13,22H,14H2.